The standard InChI is InChI=1S/C52H80N2/c1-4-7-10-12-13-14-15-16-17-18-19-20-21-22-23-24-25-26-27-28-29-30-31-33-40-47-41-34-35-43-50(47)52-49(39-9-6-3)45-51(54(52)53)48-42-36-38-46(44-48)37-32-11-8-5-2/h34-36,38,41-45H,4-29,32-33,37,39-40H2,1-3H3. The first-order valence-electron chi connectivity index (χ1n) is 23.3. The highest BCUT2D eigenvalue weighted by Gasteiger charge is 2.30. The second kappa shape index (κ2) is 30.3. The summed E-state index contributed by atoms with van der Waals surface area (Å²) in [6.07, 6.45) is 42.8. The van der Waals surface area contributed by atoms with E-state index < -0.39 is 0 Å². The van der Waals surface area contributed by atoms with Gasteiger partial charge in [0.15, 0.2) is 0 Å². The van der Waals surface area contributed by atoms with E-state index in [1.807, 2.05) is 0 Å². The van der Waals surface area contributed by atoms with Crippen LogP contribution in [0.15, 0.2) is 60.2 Å². The van der Waals surface area contributed by atoms with E-state index in [9.17, 15) is 5.53 Å². The van der Waals surface area contributed by atoms with Crippen LogP contribution in [0.25, 0.3) is 16.9 Å². The van der Waals surface area contributed by atoms with E-state index in [2.05, 4.69) is 87.2 Å². The Hall–Kier alpha value is -2.92. The van der Waals surface area contributed by atoms with Crippen molar-refractivity contribution >= 4 is 11.4 Å². The van der Waals surface area contributed by atoms with E-state index >= 15 is 0 Å². The minimum atomic E-state index is 0.861. The predicted octanol–water partition coefficient (Wildman–Crippen LogP) is 16.9. The van der Waals surface area contributed by atoms with Crippen LogP contribution < -0.4 is 0 Å². The number of benzene rings is 2. The lowest BCUT2D eigenvalue weighted by molar-refractivity contribution is -0.344. The van der Waals surface area contributed by atoms with Crippen LogP contribution in [0.1, 0.15) is 229 Å². The Kier molecular flexibility index (Phi) is 25.5. The maximum absolute atomic E-state index is 11.7. The molecule has 0 saturated heterocycles. The summed E-state index contributed by atoms with van der Waals surface area (Å²) in [5.41, 5.74) is 19.7. The van der Waals surface area contributed by atoms with Gasteiger partial charge >= 0.3 is 0 Å². The summed E-state index contributed by atoms with van der Waals surface area (Å²) in [6.45, 7) is 6.81. The maximum Gasteiger partial charge on any atom is 0.211 e. The molecule has 0 aliphatic carbocycles. The van der Waals surface area contributed by atoms with Crippen molar-refractivity contribution in [3.63, 3.8) is 0 Å². The fourth-order valence-electron chi connectivity index (χ4n) is 8.06. The molecule has 0 spiro atoms. The van der Waals surface area contributed by atoms with Gasteiger partial charge in [-0.05, 0) is 67.9 Å². The van der Waals surface area contributed by atoms with Crippen LogP contribution >= 0.6 is 0 Å². The zero-order valence-corrected chi connectivity index (χ0v) is 35.5. The van der Waals surface area contributed by atoms with Gasteiger partial charge in [-0.1, -0.05) is 199 Å². The Morgan fingerprint density at radius 1 is 0.481 bits per heavy atom. The van der Waals surface area contributed by atoms with Crippen molar-refractivity contribution in [2.24, 2.45) is 0 Å². The highest BCUT2D eigenvalue weighted by atomic mass is 15.2. The molecule has 0 N–H and O–H groups in total. The molecule has 2 nitrogen and oxygen atoms in total. The van der Waals surface area contributed by atoms with E-state index in [4.69, 9.17) is 0 Å². The molecule has 0 unspecified atom stereocenters. The largest absolute Gasteiger partial charge is 0.493 e. The molecule has 1 aliphatic heterocycles. The zero-order valence-electron chi connectivity index (χ0n) is 35.5. The van der Waals surface area contributed by atoms with Gasteiger partial charge < -0.3 is 5.53 Å². The van der Waals surface area contributed by atoms with Gasteiger partial charge in [-0.25, -0.2) is 4.70 Å². The number of nitrogens with zero attached hydrogens (tertiary/aromatic N) is 2. The van der Waals surface area contributed by atoms with Crippen molar-refractivity contribution in [2.75, 3.05) is 0 Å². The van der Waals surface area contributed by atoms with Crippen molar-refractivity contribution in [2.45, 2.75) is 220 Å². The first-order chi connectivity index (χ1) is 26.7. The molecule has 0 atom stereocenters. The average molecular weight is 733 g/mol. The van der Waals surface area contributed by atoms with Crippen LogP contribution in [0.5, 0.6) is 0 Å². The number of hydrogen-bond donors (Lipinski definition) is 0. The van der Waals surface area contributed by atoms with E-state index in [1.54, 1.807) is 0 Å². The summed E-state index contributed by atoms with van der Waals surface area (Å²) >= 11 is 0. The van der Waals surface area contributed by atoms with Gasteiger partial charge in [0, 0.05) is 35.6 Å². The summed E-state index contributed by atoms with van der Waals surface area (Å²) in [6, 6.07) is 17.5. The molecular weight excluding hydrogens is 653 g/mol. The second-order valence-electron chi connectivity index (χ2n) is 16.3. The number of allylic oxidation sites excluding steroid dienone is 2. The summed E-state index contributed by atoms with van der Waals surface area (Å²) in [5, 5.41) is 0. The van der Waals surface area contributed by atoms with Crippen LogP contribution in [0, 0.1) is 11.8 Å². The third-order valence-corrected chi connectivity index (χ3v) is 11.5. The SMILES string of the molecule is CCCCCCCCCCCCCCCCCCCCCCC#CCCc1ccccc1C1=C(CCCC)C=C(c2cccc(CCCCCC)c2)[N+]1=[N-]. The molecule has 2 heteroatoms. The fourth-order valence-corrected chi connectivity index (χ4v) is 8.06. The Balaban J connectivity index is 1.31. The molecule has 2 aromatic rings. The van der Waals surface area contributed by atoms with Crippen molar-refractivity contribution in [1.82, 2.24) is 0 Å². The van der Waals surface area contributed by atoms with E-state index in [1.165, 1.54) is 175 Å². The van der Waals surface area contributed by atoms with Crippen molar-refractivity contribution < 1.29 is 4.70 Å². The van der Waals surface area contributed by atoms with Gasteiger partial charge in [0.25, 0.3) is 0 Å². The van der Waals surface area contributed by atoms with Gasteiger partial charge in [-0.3, -0.25) is 0 Å². The summed E-state index contributed by atoms with van der Waals surface area (Å²) < 4.78 is 1.48. The molecule has 2 aromatic carbocycles. The number of rotatable bonds is 32. The minimum absolute atomic E-state index is 0.861. The third kappa shape index (κ3) is 18.6. The Labute approximate surface area is 334 Å². The van der Waals surface area contributed by atoms with Crippen LogP contribution in [-0.4, -0.2) is 4.70 Å². The first-order valence-corrected chi connectivity index (χ1v) is 23.3. The quantitative estimate of drug-likeness (QED) is 0.0407. The Morgan fingerprint density at radius 3 is 1.59 bits per heavy atom. The molecule has 0 aromatic heterocycles. The number of aryl methyl sites for hydroxylation is 2. The van der Waals surface area contributed by atoms with E-state index in [0.29, 0.717) is 0 Å². The second-order valence-corrected chi connectivity index (χ2v) is 16.3. The van der Waals surface area contributed by atoms with Gasteiger partial charge in [-0.2, -0.15) is 0 Å². The van der Waals surface area contributed by atoms with Crippen molar-refractivity contribution in [3.05, 3.63) is 88.0 Å². The minimum Gasteiger partial charge on any atom is -0.493 e. The molecule has 0 fully saturated rings. The summed E-state index contributed by atoms with van der Waals surface area (Å²) in [4.78, 5) is 0. The van der Waals surface area contributed by atoms with Crippen LogP contribution in [0.4, 0.5) is 0 Å². The zero-order chi connectivity index (χ0) is 38.3. The van der Waals surface area contributed by atoms with Gasteiger partial charge in [0.05, 0.1) is 0 Å². The highest BCUT2D eigenvalue weighted by molar-refractivity contribution is 5.79. The summed E-state index contributed by atoms with van der Waals surface area (Å²) in [5.74, 6) is 6.95. The predicted molar refractivity (Wildman–Crippen MR) is 237 cm³/mol. The van der Waals surface area contributed by atoms with E-state index in [-0.39, 0.29) is 0 Å². The molecule has 0 amide bonds. The lowest BCUT2D eigenvalue weighted by Gasteiger charge is -2.13. The fraction of sp³-hybridized carbons (Fsp3) is 0.654. The molecular formula is C52H80N2. The van der Waals surface area contributed by atoms with Gasteiger partial charge in [-0.15, -0.1) is 11.8 Å². The maximum atomic E-state index is 11.7. The lowest BCUT2D eigenvalue weighted by atomic mass is 9.96. The number of unbranched alkanes of at least 4 members (excludes halogenated alkanes) is 24. The molecule has 3 rings (SSSR count). The number of hydrogen-bond acceptors (Lipinski definition) is 0. The Morgan fingerprint density at radius 2 is 1.00 bits per heavy atom. The molecule has 298 valence electrons. The Bertz CT molecular complexity index is 1420. The average Bonchev–Trinajstić information content (AvgIpc) is 3.52. The van der Waals surface area contributed by atoms with Crippen LogP contribution in [0.2, 0.25) is 0 Å². The first kappa shape index (κ1) is 45.5. The molecule has 0 saturated carbocycles. The molecule has 1 heterocycles. The van der Waals surface area contributed by atoms with Crippen LogP contribution in [-0.2, 0) is 12.8 Å². The van der Waals surface area contributed by atoms with Gasteiger partial charge in [0.2, 0.25) is 11.4 Å². The van der Waals surface area contributed by atoms with Gasteiger partial charge in [0.1, 0.15) is 0 Å². The highest BCUT2D eigenvalue weighted by Crippen LogP contribution is 2.39. The molecule has 1 aliphatic rings. The van der Waals surface area contributed by atoms with Crippen molar-refractivity contribution in [3.8, 4) is 11.8 Å². The lowest BCUT2D eigenvalue weighted by Crippen LogP contribution is -2.05. The third-order valence-electron chi connectivity index (χ3n) is 11.5. The molecule has 54 heavy (non-hydrogen) atoms. The van der Waals surface area contributed by atoms with Crippen LogP contribution in [0.3, 0.4) is 0 Å². The van der Waals surface area contributed by atoms with E-state index in [0.717, 1.165) is 67.5 Å². The summed E-state index contributed by atoms with van der Waals surface area (Å²) in [7, 11) is 0. The molecule has 0 bridgehead atoms. The normalized spacial score (nSPS) is 12.7. The van der Waals surface area contributed by atoms with Crippen molar-refractivity contribution in [1.29, 1.82) is 0 Å². The monoisotopic (exact) mass is 733 g/mol. The smallest absolute Gasteiger partial charge is 0.211 e. The molecule has 0 radical (unpaired) electrons. The topological polar surface area (TPSA) is 25.3 Å².